The van der Waals surface area contributed by atoms with Crippen molar-refractivity contribution in [2.75, 3.05) is 0 Å². The second-order valence-electron chi connectivity index (χ2n) is 5.64. The number of carbonyl (C=O) groups excluding carboxylic acids is 1. The van der Waals surface area contributed by atoms with E-state index in [1.807, 2.05) is 24.3 Å². The van der Waals surface area contributed by atoms with E-state index in [2.05, 4.69) is 34.1 Å². The van der Waals surface area contributed by atoms with Crippen molar-refractivity contribution in [1.29, 1.82) is 0 Å². The Labute approximate surface area is 136 Å². The molecule has 0 amide bonds. The van der Waals surface area contributed by atoms with Gasteiger partial charge in [-0.25, -0.2) is 0 Å². The van der Waals surface area contributed by atoms with E-state index in [0.29, 0.717) is 0 Å². The molecule has 2 aromatic rings. The molecule has 0 saturated carbocycles. The molecular formula is C17H19ClO2Pb. The van der Waals surface area contributed by atoms with Gasteiger partial charge in [-0.3, -0.25) is 0 Å². The van der Waals surface area contributed by atoms with Crippen LogP contribution in [0.2, 0.25) is 14.0 Å². The van der Waals surface area contributed by atoms with Crippen LogP contribution in [0.1, 0.15) is 12.5 Å². The van der Waals surface area contributed by atoms with E-state index in [4.69, 9.17) is 14.3 Å². The fourth-order valence-electron chi connectivity index (χ4n) is 2.51. The normalized spacial score (nSPS) is 11.3. The summed E-state index contributed by atoms with van der Waals surface area (Å²) in [4.78, 5) is 11.4. The Hall–Kier alpha value is -0.878. The molecule has 0 aliphatic carbocycles. The minimum absolute atomic E-state index is 0.182. The summed E-state index contributed by atoms with van der Waals surface area (Å²) < 4.78 is 11.2. The predicted octanol–water partition coefficient (Wildman–Crippen LogP) is 4.29. The number of rotatable bonds is 3. The first-order valence-electron chi connectivity index (χ1n) is 6.86. The van der Waals surface area contributed by atoms with Crippen LogP contribution in [0, 0.1) is 6.92 Å². The molecule has 0 aliphatic rings. The first-order chi connectivity index (χ1) is 9.79. The summed E-state index contributed by atoms with van der Waals surface area (Å²) in [5.74, 6) is -0.182. The van der Waals surface area contributed by atoms with Gasteiger partial charge in [0.1, 0.15) is 0 Å². The second kappa shape index (κ2) is 6.48. The second-order valence-corrected chi connectivity index (χ2v) is 20.7. The summed E-state index contributed by atoms with van der Waals surface area (Å²) >= 11 is 2.75. The number of halogens is 1. The third kappa shape index (κ3) is 4.07. The molecule has 110 valence electrons. The van der Waals surface area contributed by atoms with E-state index in [9.17, 15) is 4.79 Å². The molecule has 0 unspecified atom stereocenters. The predicted molar refractivity (Wildman–Crippen MR) is 90.5 cm³/mol. The standard InChI is InChI=1S/C13H10Cl.C2H4O2.2CH3.Pb/c1-10-2-4-11(5-3-10)12-6-8-13(14)9-7-12;1-2(3)4;;;/h2,4-9H,1H3;1H3,(H,3,4);2*1H3;/q;;;;+1/p-1. The molecular weight excluding hydrogens is 479 g/mol. The van der Waals surface area contributed by atoms with Crippen molar-refractivity contribution in [2.24, 2.45) is 0 Å². The molecule has 0 heterocycles. The van der Waals surface area contributed by atoms with Gasteiger partial charge in [0.05, 0.1) is 0 Å². The van der Waals surface area contributed by atoms with E-state index < -0.39 is 21.6 Å². The molecule has 0 atom stereocenters. The van der Waals surface area contributed by atoms with Gasteiger partial charge < -0.3 is 0 Å². The van der Waals surface area contributed by atoms with E-state index in [0.717, 1.165) is 16.1 Å². The number of benzene rings is 2. The van der Waals surface area contributed by atoms with Crippen molar-refractivity contribution in [2.45, 2.75) is 22.8 Å². The van der Waals surface area contributed by atoms with Gasteiger partial charge in [0.25, 0.3) is 0 Å². The van der Waals surface area contributed by atoms with Crippen molar-refractivity contribution >= 4 is 42.3 Å². The summed E-state index contributed by atoms with van der Waals surface area (Å²) in [7, 11) is 0. The number of hydrogen-bond acceptors (Lipinski definition) is 2. The topological polar surface area (TPSA) is 26.3 Å². The van der Waals surface area contributed by atoms with Crippen LogP contribution < -0.4 is 3.12 Å². The molecule has 0 N–H and O–H groups in total. The Kier molecular flexibility index (Phi) is 5.09. The van der Waals surface area contributed by atoms with Gasteiger partial charge in [-0.15, -0.1) is 0 Å². The van der Waals surface area contributed by atoms with Crippen molar-refractivity contribution in [1.82, 2.24) is 0 Å². The van der Waals surface area contributed by atoms with E-state index >= 15 is 0 Å². The third-order valence-corrected chi connectivity index (χ3v) is 14.0. The van der Waals surface area contributed by atoms with Gasteiger partial charge in [-0.1, -0.05) is 0 Å². The molecule has 0 saturated heterocycles. The maximum absolute atomic E-state index is 11.4. The molecule has 0 spiro atoms. The van der Waals surface area contributed by atoms with Crippen LogP contribution in [0.4, 0.5) is 0 Å². The monoisotopic (exact) mass is 498 g/mol. The quantitative estimate of drug-likeness (QED) is 0.591. The Balaban J connectivity index is 2.46. The molecule has 2 aromatic carbocycles. The van der Waals surface area contributed by atoms with Gasteiger partial charge in [0.15, 0.2) is 0 Å². The van der Waals surface area contributed by atoms with Crippen molar-refractivity contribution in [3.05, 3.63) is 53.1 Å². The van der Waals surface area contributed by atoms with Crippen LogP contribution in [0.3, 0.4) is 0 Å². The Morgan fingerprint density at radius 3 is 2.19 bits per heavy atom. The van der Waals surface area contributed by atoms with E-state index in [1.165, 1.54) is 15.6 Å². The van der Waals surface area contributed by atoms with Crippen LogP contribution in [0.15, 0.2) is 42.5 Å². The molecule has 0 aliphatic heterocycles. The number of aryl methyl sites for hydroxylation is 1. The Morgan fingerprint density at radius 2 is 1.62 bits per heavy atom. The first-order valence-corrected chi connectivity index (χ1v) is 18.5. The summed E-state index contributed by atoms with van der Waals surface area (Å²) in [6.07, 6.45) is 0. The molecule has 0 bridgehead atoms. The van der Waals surface area contributed by atoms with Crippen LogP contribution in [-0.2, 0) is 7.48 Å². The Morgan fingerprint density at radius 1 is 1.05 bits per heavy atom. The van der Waals surface area contributed by atoms with E-state index in [-0.39, 0.29) is 5.97 Å². The fourth-order valence-corrected chi connectivity index (χ4v) is 11.8. The first kappa shape index (κ1) is 16.5. The zero-order valence-corrected chi connectivity index (χ0v) is 17.4. The van der Waals surface area contributed by atoms with Crippen molar-refractivity contribution in [3.8, 4) is 11.1 Å². The van der Waals surface area contributed by atoms with Gasteiger partial charge in [0.2, 0.25) is 0 Å². The van der Waals surface area contributed by atoms with Crippen LogP contribution in [0.25, 0.3) is 11.1 Å². The van der Waals surface area contributed by atoms with E-state index in [1.54, 1.807) is 0 Å². The zero-order valence-electron chi connectivity index (χ0n) is 12.7. The molecule has 21 heavy (non-hydrogen) atoms. The number of carbonyl (C=O) groups is 1. The third-order valence-electron chi connectivity index (χ3n) is 3.46. The molecule has 2 rings (SSSR count). The maximum atomic E-state index is 11.4. The van der Waals surface area contributed by atoms with Crippen LogP contribution >= 0.6 is 11.6 Å². The number of hydrogen-bond donors (Lipinski definition) is 0. The zero-order chi connectivity index (χ0) is 15.6. The Bertz CT molecular complexity index is 663. The van der Waals surface area contributed by atoms with Crippen molar-refractivity contribution < 1.29 is 7.48 Å². The fraction of sp³-hybridized carbons (Fsp3) is 0.235. The van der Waals surface area contributed by atoms with Gasteiger partial charge in [-0.2, -0.15) is 0 Å². The van der Waals surface area contributed by atoms with Crippen LogP contribution in [0.5, 0.6) is 0 Å². The molecule has 0 fully saturated rings. The van der Waals surface area contributed by atoms with Gasteiger partial charge in [0, 0.05) is 0 Å². The molecule has 4 heteroatoms. The SMILES string of the molecule is CC(=O)[O][Pb]([CH3])([CH3])[c]1cc(-c2ccc(Cl)cc2)ccc1C. The molecule has 2 nitrogen and oxygen atoms in total. The van der Waals surface area contributed by atoms with Gasteiger partial charge >= 0.3 is 137 Å². The minimum atomic E-state index is -3.19. The average molecular weight is 498 g/mol. The summed E-state index contributed by atoms with van der Waals surface area (Å²) in [6.45, 7) is 3.56. The average Bonchev–Trinajstić information content (AvgIpc) is 2.38. The summed E-state index contributed by atoms with van der Waals surface area (Å²) in [5, 5.41) is 0.728. The molecule has 0 aromatic heterocycles. The van der Waals surface area contributed by atoms with Crippen molar-refractivity contribution in [3.63, 3.8) is 0 Å². The van der Waals surface area contributed by atoms with Gasteiger partial charge in [-0.05, 0) is 0 Å². The summed E-state index contributed by atoms with van der Waals surface area (Å²) in [5.41, 5.74) is 3.45. The summed E-state index contributed by atoms with van der Waals surface area (Å²) in [6, 6.07) is 14.2. The molecule has 0 radical (unpaired) electrons. The van der Waals surface area contributed by atoms with Crippen LogP contribution in [-0.4, -0.2) is 27.6 Å².